The Morgan fingerprint density at radius 3 is 2.14 bits per heavy atom. The van der Waals surface area contributed by atoms with Crippen molar-refractivity contribution in [3.63, 3.8) is 0 Å². The molecule has 0 saturated heterocycles. The molecule has 1 aromatic heterocycles. The van der Waals surface area contributed by atoms with E-state index < -0.39 is 0 Å². The van der Waals surface area contributed by atoms with Gasteiger partial charge in [0, 0.05) is 30.8 Å². The number of rotatable bonds is 3. The zero-order chi connectivity index (χ0) is 15.8. The standard InChI is InChI=1S/C17H14N2O.CH4O/c20-17(14-7-3-1-4-8-14)18-15-11-12-19(13-15)16-9-5-2-6-10-16;1-2/h1-13H,(H,18,20);2H,1H3. The van der Waals surface area contributed by atoms with E-state index in [0.717, 1.165) is 18.5 Å². The number of hydrogen-bond donors (Lipinski definition) is 2. The maximum Gasteiger partial charge on any atom is 0.255 e. The predicted molar refractivity (Wildman–Crippen MR) is 88.3 cm³/mol. The number of aromatic nitrogens is 1. The minimum absolute atomic E-state index is 0.101. The second-order valence-corrected chi connectivity index (χ2v) is 4.46. The van der Waals surface area contributed by atoms with Crippen LogP contribution in [0.3, 0.4) is 0 Å². The van der Waals surface area contributed by atoms with E-state index in [1.165, 1.54) is 0 Å². The third-order valence-corrected chi connectivity index (χ3v) is 3.04. The van der Waals surface area contributed by atoms with Gasteiger partial charge in [-0.1, -0.05) is 36.4 Å². The first kappa shape index (κ1) is 15.5. The molecule has 0 aliphatic heterocycles. The Balaban J connectivity index is 0.000000847. The Morgan fingerprint density at radius 1 is 0.909 bits per heavy atom. The van der Waals surface area contributed by atoms with Gasteiger partial charge >= 0.3 is 0 Å². The van der Waals surface area contributed by atoms with Gasteiger partial charge in [-0.05, 0) is 30.3 Å². The van der Waals surface area contributed by atoms with Gasteiger partial charge in [0.05, 0.1) is 5.69 Å². The van der Waals surface area contributed by atoms with E-state index in [1.54, 1.807) is 12.1 Å². The zero-order valence-corrected chi connectivity index (χ0v) is 12.3. The molecule has 0 fully saturated rings. The first-order valence-electron chi connectivity index (χ1n) is 6.87. The summed E-state index contributed by atoms with van der Waals surface area (Å²) in [7, 11) is 1.00. The highest BCUT2D eigenvalue weighted by atomic mass is 16.2. The van der Waals surface area contributed by atoms with Crippen LogP contribution in [0.1, 0.15) is 10.4 Å². The third kappa shape index (κ3) is 3.84. The van der Waals surface area contributed by atoms with Crippen molar-refractivity contribution in [1.82, 2.24) is 4.57 Å². The lowest BCUT2D eigenvalue weighted by Crippen LogP contribution is -2.10. The number of para-hydroxylation sites is 1. The average molecular weight is 294 g/mol. The summed E-state index contributed by atoms with van der Waals surface area (Å²) in [6.07, 6.45) is 3.83. The predicted octanol–water partition coefficient (Wildman–Crippen LogP) is 3.34. The van der Waals surface area contributed by atoms with Gasteiger partial charge < -0.3 is 15.0 Å². The van der Waals surface area contributed by atoms with E-state index >= 15 is 0 Å². The lowest BCUT2D eigenvalue weighted by atomic mass is 10.2. The molecule has 0 saturated carbocycles. The van der Waals surface area contributed by atoms with Crippen molar-refractivity contribution >= 4 is 11.6 Å². The Morgan fingerprint density at radius 2 is 1.50 bits per heavy atom. The van der Waals surface area contributed by atoms with Gasteiger partial charge in [-0.25, -0.2) is 0 Å². The molecule has 4 heteroatoms. The fourth-order valence-electron chi connectivity index (χ4n) is 2.02. The molecule has 2 N–H and O–H groups in total. The summed E-state index contributed by atoms with van der Waals surface area (Å²) >= 11 is 0. The lowest BCUT2D eigenvalue weighted by molar-refractivity contribution is 0.102. The average Bonchev–Trinajstić information content (AvgIpc) is 3.07. The van der Waals surface area contributed by atoms with Gasteiger partial charge in [-0.2, -0.15) is 0 Å². The van der Waals surface area contributed by atoms with Gasteiger partial charge in [0.1, 0.15) is 0 Å². The van der Waals surface area contributed by atoms with Crippen LogP contribution in [0.15, 0.2) is 79.1 Å². The van der Waals surface area contributed by atoms with Crippen molar-refractivity contribution in [2.75, 3.05) is 12.4 Å². The second kappa shape index (κ2) is 7.81. The van der Waals surface area contributed by atoms with Crippen molar-refractivity contribution in [2.24, 2.45) is 0 Å². The summed E-state index contributed by atoms with van der Waals surface area (Å²) in [5.41, 5.74) is 2.50. The summed E-state index contributed by atoms with van der Waals surface area (Å²) in [6.45, 7) is 0. The van der Waals surface area contributed by atoms with Crippen LogP contribution < -0.4 is 5.32 Å². The van der Waals surface area contributed by atoms with Crippen LogP contribution in [-0.4, -0.2) is 22.7 Å². The first-order chi connectivity index (χ1) is 10.8. The number of hydrogen-bond acceptors (Lipinski definition) is 2. The van der Waals surface area contributed by atoms with E-state index in [1.807, 2.05) is 71.6 Å². The molecule has 1 heterocycles. The lowest BCUT2D eigenvalue weighted by Gasteiger charge is -2.03. The zero-order valence-electron chi connectivity index (χ0n) is 12.3. The monoisotopic (exact) mass is 294 g/mol. The van der Waals surface area contributed by atoms with Crippen LogP contribution in [0, 0.1) is 0 Å². The smallest absolute Gasteiger partial charge is 0.255 e. The highest BCUT2D eigenvalue weighted by Crippen LogP contribution is 2.15. The third-order valence-electron chi connectivity index (χ3n) is 3.04. The molecule has 0 unspecified atom stereocenters. The summed E-state index contributed by atoms with van der Waals surface area (Å²) in [4.78, 5) is 12.0. The van der Waals surface area contributed by atoms with Crippen LogP contribution in [0.4, 0.5) is 5.69 Å². The van der Waals surface area contributed by atoms with Gasteiger partial charge in [0.25, 0.3) is 5.91 Å². The summed E-state index contributed by atoms with van der Waals surface area (Å²) in [6, 6.07) is 21.0. The van der Waals surface area contributed by atoms with Crippen molar-refractivity contribution < 1.29 is 9.90 Å². The SMILES string of the molecule is CO.O=C(Nc1ccn(-c2ccccc2)c1)c1ccccc1. The second-order valence-electron chi connectivity index (χ2n) is 4.46. The van der Waals surface area contributed by atoms with Gasteiger partial charge in [-0.15, -0.1) is 0 Å². The molecule has 0 spiro atoms. The molecule has 3 rings (SSSR count). The summed E-state index contributed by atoms with van der Waals surface area (Å²) in [5, 5.41) is 9.89. The molecule has 0 bridgehead atoms. The minimum atomic E-state index is -0.101. The van der Waals surface area contributed by atoms with Gasteiger partial charge in [0.15, 0.2) is 0 Å². The number of nitrogens with zero attached hydrogens (tertiary/aromatic N) is 1. The Hall–Kier alpha value is -2.85. The maximum absolute atomic E-state index is 12.0. The van der Waals surface area contributed by atoms with Crippen molar-refractivity contribution in [3.8, 4) is 5.69 Å². The van der Waals surface area contributed by atoms with Crippen LogP contribution in [-0.2, 0) is 0 Å². The minimum Gasteiger partial charge on any atom is -0.400 e. The van der Waals surface area contributed by atoms with Crippen LogP contribution in [0.2, 0.25) is 0 Å². The molecule has 0 atom stereocenters. The fourth-order valence-corrected chi connectivity index (χ4v) is 2.02. The van der Waals surface area contributed by atoms with Crippen LogP contribution in [0.25, 0.3) is 5.69 Å². The molecule has 2 aromatic carbocycles. The summed E-state index contributed by atoms with van der Waals surface area (Å²) < 4.78 is 1.97. The number of nitrogens with one attached hydrogen (secondary N) is 1. The molecular weight excluding hydrogens is 276 g/mol. The number of aliphatic hydroxyl groups excluding tert-OH is 1. The van der Waals surface area contributed by atoms with Gasteiger partial charge in [-0.3, -0.25) is 4.79 Å². The molecule has 0 radical (unpaired) electrons. The van der Waals surface area contributed by atoms with Crippen molar-refractivity contribution in [1.29, 1.82) is 0 Å². The maximum atomic E-state index is 12.0. The molecule has 0 aliphatic carbocycles. The quantitative estimate of drug-likeness (QED) is 0.778. The number of aliphatic hydroxyl groups is 1. The van der Waals surface area contributed by atoms with E-state index in [0.29, 0.717) is 5.56 Å². The van der Waals surface area contributed by atoms with Crippen molar-refractivity contribution in [2.45, 2.75) is 0 Å². The van der Waals surface area contributed by atoms with Crippen LogP contribution >= 0.6 is 0 Å². The Labute approximate surface area is 129 Å². The van der Waals surface area contributed by atoms with Crippen LogP contribution in [0.5, 0.6) is 0 Å². The van der Waals surface area contributed by atoms with Crippen molar-refractivity contribution in [3.05, 3.63) is 84.7 Å². The summed E-state index contributed by atoms with van der Waals surface area (Å²) in [5.74, 6) is -0.101. The van der Waals surface area contributed by atoms with E-state index in [9.17, 15) is 4.79 Å². The largest absolute Gasteiger partial charge is 0.400 e. The number of amides is 1. The number of benzene rings is 2. The number of carbonyl (C=O) groups excluding carboxylic acids is 1. The molecule has 3 aromatic rings. The Kier molecular flexibility index (Phi) is 5.51. The number of carbonyl (C=O) groups is 1. The topological polar surface area (TPSA) is 54.3 Å². The van der Waals surface area contributed by atoms with Gasteiger partial charge in [0.2, 0.25) is 0 Å². The fraction of sp³-hybridized carbons (Fsp3) is 0.0556. The molecule has 4 nitrogen and oxygen atoms in total. The molecule has 1 amide bonds. The number of anilines is 1. The van der Waals surface area contributed by atoms with E-state index in [2.05, 4.69) is 5.32 Å². The molecular formula is C18H18N2O2. The molecule has 22 heavy (non-hydrogen) atoms. The highest BCUT2D eigenvalue weighted by molar-refractivity contribution is 6.04. The molecule has 0 aliphatic rings. The Bertz CT molecular complexity index is 706. The first-order valence-corrected chi connectivity index (χ1v) is 6.87. The molecule has 112 valence electrons. The normalized spacial score (nSPS) is 9.55. The van der Waals surface area contributed by atoms with E-state index in [4.69, 9.17) is 5.11 Å². The highest BCUT2D eigenvalue weighted by Gasteiger charge is 2.06. The van der Waals surface area contributed by atoms with E-state index in [-0.39, 0.29) is 5.91 Å².